The monoisotopic (exact) mass is 351 g/mol. The highest BCUT2D eigenvalue weighted by atomic mass is 32.1. The van der Waals surface area contributed by atoms with Crippen molar-refractivity contribution in [2.24, 2.45) is 0 Å². The van der Waals surface area contributed by atoms with Gasteiger partial charge in [0.1, 0.15) is 0 Å². The molecule has 0 aliphatic rings. The van der Waals surface area contributed by atoms with Gasteiger partial charge in [-0.05, 0) is 41.5 Å². The normalized spacial score (nSPS) is 12.4. The molecule has 0 atom stereocenters. The van der Waals surface area contributed by atoms with E-state index in [1.165, 1.54) is 36.5 Å². The molecule has 25 heavy (non-hydrogen) atoms. The first-order chi connectivity index (χ1) is 12.1. The van der Waals surface area contributed by atoms with E-state index >= 15 is 0 Å². The van der Waals surface area contributed by atoms with Crippen LogP contribution in [-0.4, -0.2) is 29.0 Å². The van der Waals surface area contributed by atoms with Crippen LogP contribution < -0.4 is 5.32 Å². The molecule has 4 heteroatoms. The maximum atomic E-state index is 9.48. The Hall–Kier alpha value is -1.98. The second-order valence-corrected chi connectivity index (χ2v) is 7.90. The van der Waals surface area contributed by atoms with Crippen LogP contribution in [0.3, 0.4) is 0 Å². The fourth-order valence-corrected chi connectivity index (χ4v) is 4.31. The van der Waals surface area contributed by atoms with Crippen molar-refractivity contribution in [1.29, 1.82) is 0 Å². The summed E-state index contributed by atoms with van der Waals surface area (Å²) in [6.07, 6.45) is 0. The van der Waals surface area contributed by atoms with Crippen molar-refractivity contribution in [2.45, 2.75) is 19.0 Å². The zero-order chi connectivity index (χ0) is 17.4. The van der Waals surface area contributed by atoms with Crippen molar-refractivity contribution in [2.75, 3.05) is 13.2 Å². The summed E-state index contributed by atoms with van der Waals surface area (Å²) in [7, 11) is 0. The molecular weight excluding hydrogens is 330 g/mol. The minimum atomic E-state index is -0.677. The van der Waals surface area contributed by atoms with Gasteiger partial charge < -0.3 is 15.5 Å². The first-order valence-corrected chi connectivity index (χ1v) is 9.25. The number of hydrogen-bond acceptors (Lipinski definition) is 4. The smallest absolute Gasteiger partial charge is 0.0633 e. The van der Waals surface area contributed by atoms with Gasteiger partial charge in [0.05, 0.1) is 18.8 Å². The lowest BCUT2D eigenvalue weighted by Crippen LogP contribution is -2.48. The van der Waals surface area contributed by atoms with Gasteiger partial charge in [-0.1, -0.05) is 36.4 Å². The van der Waals surface area contributed by atoms with Crippen LogP contribution in [0.15, 0.2) is 54.6 Å². The van der Waals surface area contributed by atoms with E-state index in [0.717, 1.165) is 0 Å². The van der Waals surface area contributed by atoms with E-state index in [9.17, 15) is 10.2 Å². The van der Waals surface area contributed by atoms with E-state index in [-0.39, 0.29) is 13.2 Å². The van der Waals surface area contributed by atoms with Gasteiger partial charge in [-0.2, -0.15) is 0 Å². The third kappa shape index (κ3) is 2.92. The predicted octanol–water partition coefficient (Wildman–Crippen LogP) is 4.04. The quantitative estimate of drug-likeness (QED) is 0.509. The number of hydrogen-bond donors (Lipinski definition) is 3. The molecule has 0 radical (unpaired) electrons. The summed E-state index contributed by atoms with van der Waals surface area (Å²) in [5.74, 6) is 0. The van der Waals surface area contributed by atoms with E-state index in [1.54, 1.807) is 0 Å². The van der Waals surface area contributed by atoms with E-state index in [2.05, 4.69) is 59.9 Å². The topological polar surface area (TPSA) is 52.5 Å². The number of thiophene rings is 1. The van der Waals surface area contributed by atoms with Crippen LogP contribution in [0, 0.1) is 0 Å². The van der Waals surface area contributed by atoms with Gasteiger partial charge in [0, 0.05) is 26.7 Å². The Bertz CT molecular complexity index is 1050. The van der Waals surface area contributed by atoms with Crippen molar-refractivity contribution in [3.8, 4) is 0 Å². The Balaban J connectivity index is 1.82. The minimum absolute atomic E-state index is 0.102. The molecule has 0 aliphatic carbocycles. The minimum Gasteiger partial charge on any atom is -0.394 e. The fourth-order valence-electron chi connectivity index (χ4n) is 3.19. The Kier molecular flexibility index (Phi) is 4.21. The molecular formula is C21H21NO2S. The molecule has 0 saturated heterocycles. The molecule has 3 nitrogen and oxygen atoms in total. The number of aliphatic hydroxyl groups excluding tert-OH is 2. The lowest BCUT2D eigenvalue weighted by atomic mass is 10.00. The van der Waals surface area contributed by atoms with Gasteiger partial charge in [-0.3, -0.25) is 0 Å². The van der Waals surface area contributed by atoms with E-state index in [1.807, 2.05) is 18.3 Å². The summed E-state index contributed by atoms with van der Waals surface area (Å²) < 4.78 is 2.59. The first kappa shape index (κ1) is 16.5. The molecule has 0 unspecified atom stereocenters. The largest absolute Gasteiger partial charge is 0.394 e. The highest BCUT2D eigenvalue weighted by molar-refractivity contribution is 7.25. The number of nitrogens with one attached hydrogen (secondary N) is 1. The summed E-state index contributed by atoms with van der Waals surface area (Å²) in [6, 6.07) is 19.4. The summed E-state index contributed by atoms with van der Waals surface area (Å²) in [5, 5.41) is 27.3. The molecule has 0 bridgehead atoms. The molecule has 3 N–H and O–H groups in total. The molecule has 0 fully saturated rings. The molecule has 0 amide bonds. The average molecular weight is 351 g/mol. The molecule has 1 heterocycles. The van der Waals surface area contributed by atoms with Crippen molar-refractivity contribution in [3.05, 3.63) is 60.2 Å². The highest BCUT2D eigenvalue weighted by Crippen LogP contribution is 2.37. The summed E-state index contributed by atoms with van der Waals surface area (Å²) in [6.45, 7) is 2.22. The number of aliphatic hydroxyl groups is 2. The molecule has 0 aliphatic heterocycles. The van der Waals surface area contributed by atoms with Gasteiger partial charge in [0.15, 0.2) is 0 Å². The summed E-state index contributed by atoms with van der Waals surface area (Å²) in [5.41, 5.74) is 0.495. The predicted molar refractivity (Wildman–Crippen MR) is 106 cm³/mol. The van der Waals surface area contributed by atoms with Crippen LogP contribution in [0.4, 0.5) is 0 Å². The van der Waals surface area contributed by atoms with Crippen LogP contribution in [0.2, 0.25) is 0 Å². The van der Waals surface area contributed by atoms with Crippen molar-refractivity contribution in [3.63, 3.8) is 0 Å². The van der Waals surface area contributed by atoms with E-state index in [4.69, 9.17) is 0 Å². The van der Waals surface area contributed by atoms with Gasteiger partial charge in [0.2, 0.25) is 0 Å². The number of fused-ring (bicyclic) bond motifs is 4. The van der Waals surface area contributed by atoms with Crippen molar-refractivity contribution < 1.29 is 10.2 Å². The Morgan fingerprint density at radius 2 is 1.68 bits per heavy atom. The number of benzene rings is 3. The molecule has 4 aromatic rings. The highest BCUT2D eigenvalue weighted by Gasteiger charge is 2.21. The molecule has 4 rings (SSSR count). The maximum Gasteiger partial charge on any atom is 0.0633 e. The number of rotatable bonds is 5. The van der Waals surface area contributed by atoms with Gasteiger partial charge in [-0.15, -0.1) is 11.3 Å². The Labute approximate surface area is 150 Å². The second kappa shape index (κ2) is 6.39. The summed E-state index contributed by atoms with van der Waals surface area (Å²) in [4.78, 5) is 0. The molecule has 3 aromatic carbocycles. The van der Waals surface area contributed by atoms with Crippen LogP contribution >= 0.6 is 11.3 Å². The third-order valence-electron chi connectivity index (χ3n) is 4.87. The van der Waals surface area contributed by atoms with Gasteiger partial charge in [-0.25, -0.2) is 0 Å². The SMILES string of the molecule is CC(CO)(CO)NCc1cccc2cc3c(cc12)sc1ccccc13. The van der Waals surface area contributed by atoms with E-state index < -0.39 is 5.54 Å². The lowest BCUT2D eigenvalue weighted by Gasteiger charge is -2.26. The standard InChI is InChI=1S/C21H21NO2S/c1-21(12-23,13-24)22-11-15-6-4-5-14-9-18-16-7-2-3-8-19(16)25-20(18)10-17(14)15/h2-10,22-24H,11-13H2,1H3. The van der Waals surface area contributed by atoms with Crippen molar-refractivity contribution in [1.82, 2.24) is 5.32 Å². The van der Waals surface area contributed by atoms with E-state index in [0.29, 0.717) is 6.54 Å². The zero-order valence-corrected chi connectivity index (χ0v) is 14.9. The Morgan fingerprint density at radius 3 is 2.48 bits per heavy atom. The molecule has 1 aromatic heterocycles. The maximum absolute atomic E-state index is 9.48. The third-order valence-corrected chi connectivity index (χ3v) is 6.01. The Morgan fingerprint density at radius 1 is 0.880 bits per heavy atom. The fraction of sp³-hybridized carbons (Fsp3) is 0.238. The zero-order valence-electron chi connectivity index (χ0n) is 14.1. The van der Waals surface area contributed by atoms with Crippen LogP contribution in [-0.2, 0) is 6.54 Å². The van der Waals surface area contributed by atoms with Crippen LogP contribution in [0.5, 0.6) is 0 Å². The average Bonchev–Trinajstić information content (AvgIpc) is 3.02. The van der Waals surface area contributed by atoms with Crippen LogP contribution in [0.25, 0.3) is 30.9 Å². The van der Waals surface area contributed by atoms with Gasteiger partial charge in [0.25, 0.3) is 0 Å². The van der Waals surface area contributed by atoms with Crippen LogP contribution in [0.1, 0.15) is 12.5 Å². The molecule has 0 saturated carbocycles. The molecule has 128 valence electrons. The first-order valence-electron chi connectivity index (χ1n) is 8.43. The molecule has 0 spiro atoms. The lowest BCUT2D eigenvalue weighted by molar-refractivity contribution is 0.103. The van der Waals surface area contributed by atoms with Gasteiger partial charge >= 0.3 is 0 Å². The van der Waals surface area contributed by atoms with Crippen molar-refractivity contribution >= 4 is 42.3 Å². The second-order valence-electron chi connectivity index (χ2n) is 6.82. The summed E-state index contributed by atoms with van der Waals surface area (Å²) >= 11 is 1.82.